The first-order valence-electron chi connectivity index (χ1n) is 16.2. The van der Waals surface area contributed by atoms with Gasteiger partial charge in [0.1, 0.15) is 11.8 Å². The fraction of sp³-hybridized carbons (Fsp3) is 0.697. The molecule has 7 N–H and O–H groups in total. The summed E-state index contributed by atoms with van der Waals surface area (Å²) in [5.74, 6) is -0.664. The van der Waals surface area contributed by atoms with Crippen molar-refractivity contribution in [3.8, 4) is 5.75 Å². The van der Waals surface area contributed by atoms with Gasteiger partial charge in [0.25, 0.3) is 0 Å². The number of ketones is 1. The molecular weight excluding hydrogens is 530 g/mol. The molecule has 0 bridgehead atoms. The number of hydrogen-bond acceptors (Lipinski definition) is 5. The summed E-state index contributed by atoms with van der Waals surface area (Å²) < 4.78 is 0. The van der Waals surface area contributed by atoms with Crippen molar-refractivity contribution in [1.82, 2.24) is 10.6 Å². The Labute approximate surface area is 253 Å². The third-order valence-electron chi connectivity index (χ3n) is 7.50. The van der Waals surface area contributed by atoms with Crippen molar-refractivity contribution in [3.63, 3.8) is 0 Å². The van der Waals surface area contributed by atoms with Crippen LogP contribution in [0.2, 0.25) is 0 Å². The Hall–Kier alpha value is -3.10. The van der Waals surface area contributed by atoms with E-state index in [0.717, 1.165) is 24.8 Å². The van der Waals surface area contributed by atoms with Crippen LogP contribution in [-0.4, -0.2) is 47.3 Å². The van der Waals surface area contributed by atoms with Crippen LogP contribution in [0.4, 0.5) is 0 Å². The van der Waals surface area contributed by atoms with Crippen LogP contribution in [0.3, 0.4) is 0 Å². The molecule has 0 aliphatic heterocycles. The number of nitrogens with two attached hydrogens (primary N) is 2. The fourth-order valence-corrected chi connectivity index (χ4v) is 5.08. The molecule has 0 aliphatic carbocycles. The van der Waals surface area contributed by atoms with Gasteiger partial charge in [-0.2, -0.15) is 0 Å². The first kappa shape index (κ1) is 36.9. The van der Waals surface area contributed by atoms with Gasteiger partial charge in [0, 0.05) is 26.3 Å². The number of Topliss-reactive ketones (excluding diaryl/α,β-unsaturated/α-hetero) is 1. The molecule has 42 heavy (non-hydrogen) atoms. The van der Waals surface area contributed by atoms with E-state index < -0.39 is 18.0 Å². The number of rotatable bonds is 25. The molecule has 0 fully saturated rings. The van der Waals surface area contributed by atoms with E-state index in [1.165, 1.54) is 89.7 Å². The summed E-state index contributed by atoms with van der Waals surface area (Å²) in [5.41, 5.74) is 11.6. The number of carbonyl (C=O) groups is 3. The molecule has 0 heterocycles. The number of guanidine groups is 1. The number of benzene rings is 1. The minimum Gasteiger partial charge on any atom is -0.508 e. The van der Waals surface area contributed by atoms with Crippen LogP contribution in [0.25, 0.3) is 0 Å². The molecule has 0 spiro atoms. The minimum atomic E-state index is -0.846. The normalized spacial score (nSPS) is 12.3. The van der Waals surface area contributed by atoms with Crippen molar-refractivity contribution in [3.05, 3.63) is 29.8 Å². The number of hydrogen-bond donors (Lipinski definition) is 5. The maximum Gasteiger partial charge on any atom is 0.243 e. The Morgan fingerprint density at radius 2 is 1.29 bits per heavy atom. The Morgan fingerprint density at radius 3 is 1.79 bits per heavy atom. The maximum absolute atomic E-state index is 13.2. The minimum absolute atomic E-state index is 0.0102. The smallest absolute Gasteiger partial charge is 0.243 e. The zero-order valence-electron chi connectivity index (χ0n) is 26.2. The lowest BCUT2D eigenvalue weighted by atomic mass is 9.99. The molecule has 9 nitrogen and oxygen atoms in total. The van der Waals surface area contributed by atoms with E-state index in [9.17, 15) is 19.5 Å². The van der Waals surface area contributed by atoms with Gasteiger partial charge in [-0.05, 0) is 37.0 Å². The highest BCUT2D eigenvalue weighted by Crippen LogP contribution is 2.15. The fourth-order valence-electron chi connectivity index (χ4n) is 5.08. The maximum atomic E-state index is 13.2. The predicted octanol–water partition coefficient (Wildman–Crippen LogP) is 5.42. The van der Waals surface area contributed by atoms with Crippen LogP contribution < -0.4 is 22.1 Å². The van der Waals surface area contributed by atoms with E-state index in [4.69, 9.17) is 11.5 Å². The zero-order chi connectivity index (χ0) is 31.0. The number of aromatic hydroxyl groups is 1. The number of amides is 2. The lowest BCUT2D eigenvalue weighted by Crippen LogP contribution is -2.52. The molecule has 9 heteroatoms. The molecular formula is C33H57N5O4. The summed E-state index contributed by atoms with van der Waals surface area (Å²) in [6.07, 6.45) is 19.0. The molecule has 238 valence electrons. The summed E-state index contributed by atoms with van der Waals surface area (Å²) in [4.78, 5) is 42.2. The highest BCUT2D eigenvalue weighted by Gasteiger charge is 2.26. The molecule has 0 saturated carbocycles. The SMILES string of the molecule is CCCCCCCCCCCCCCCCC(=O)[C@H](CCCN=C(N)N)NC(=O)[C@H](Cc1ccc(O)cc1)NC(C)=O. The predicted molar refractivity (Wildman–Crippen MR) is 171 cm³/mol. The van der Waals surface area contributed by atoms with Crippen molar-refractivity contribution >= 4 is 23.6 Å². The van der Waals surface area contributed by atoms with Gasteiger partial charge in [-0.25, -0.2) is 0 Å². The van der Waals surface area contributed by atoms with Gasteiger partial charge in [0.05, 0.1) is 6.04 Å². The van der Waals surface area contributed by atoms with Crippen LogP contribution >= 0.6 is 0 Å². The second-order valence-electron chi connectivity index (χ2n) is 11.4. The summed E-state index contributed by atoms with van der Waals surface area (Å²) in [6, 6.07) is 4.94. The Balaban J connectivity index is 2.49. The van der Waals surface area contributed by atoms with E-state index in [-0.39, 0.29) is 29.8 Å². The van der Waals surface area contributed by atoms with Gasteiger partial charge in [0.15, 0.2) is 11.7 Å². The van der Waals surface area contributed by atoms with Gasteiger partial charge >= 0.3 is 0 Å². The van der Waals surface area contributed by atoms with Gasteiger partial charge in [-0.15, -0.1) is 0 Å². The summed E-state index contributed by atoms with van der Waals surface area (Å²) in [5, 5.41) is 15.1. The van der Waals surface area contributed by atoms with Crippen molar-refractivity contribution < 1.29 is 19.5 Å². The van der Waals surface area contributed by atoms with Gasteiger partial charge in [-0.3, -0.25) is 19.4 Å². The third kappa shape index (κ3) is 19.1. The van der Waals surface area contributed by atoms with Gasteiger partial charge in [-0.1, -0.05) is 103 Å². The third-order valence-corrected chi connectivity index (χ3v) is 7.50. The Morgan fingerprint density at radius 1 is 0.762 bits per heavy atom. The van der Waals surface area contributed by atoms with E-state index in [2.05, 4.69) is 22.5 Å². The first-order valence-corrected chi connectivity index (χ1v) is 16.2. The average Bonchev–Trinajstić information content (AvgIpc) is 2.95. The topological polar surface area (TPSA) is 160 Å². The van der Waals surface area contributed by atoms with Crippen molar-refractivity contribution in [1.29, 1.82) is 0 Å². The molecule has 2 atom stereocenters. The second-order valence-corrected chi connectivity index (χ2v) is 11.4. The summed E-state index contributed by atoms with van der Waals surface area (Å²) in [7, 11) is 0. The zero-order valence-corrected chi connectivity index (χ0v) is 26.2. The van der Waals surface area contributed by atoms with Crippen molar-refractivity contribution in [2.75, 3.05) is 6.54 Å². The molecule has 1 aromatic carbocycles. The number of nitrogens with one attached hydrogen (secondary N) is 2. The lowest BCUT2D eigenvalue weighted by Gasteiger charge is -2.23. The van der Waals surface area contributed by atoms with Crippen molar-refractivity contribution in [2.24, 2.45) is 16.5 Å². The Bertz CT molecular complexity index is 916. The molecule has 0 aromatic heterocycles. The van der Waals surface area contributed by atoms with Crippen LogP contribution in [0.15, 0.2) is 29.3 Å². The largest absolute Gasteiger partial charge is 0.508 e. The van der Waals surface area contributed by atoms with Crippen molar-refractivity contribution in [2.45, 2.75) is 142 Å². The molecule has 0 aliphatic rings. The lowest BCUT2D eigenvalue weighted by molar-refractivity contribution is -0.131. The number of unbranched alkanes of at least 4 members (excludes halogenated alkanes) is 13. The number of aliphatic imine (C=N–C) groups is 1. The molecule has 1 rings (SSSR count). The quantitative estimate of drug-likeness (QED) is 0.0583. The number of phenols is 1. The molecule has 1 aromatic rings. The summed E-state index contributed by atoms with van der Waals surface area (Å²) >= 11 is 0. The van der Waals surface area contributed by atoms with E-state index in [0.29, 0.717) is 25.8 Å². The second kappa shape index (κ2) is 23.5. The first-order chi connectivity index (χ1) is 20.2. The van der Waals surface area contributed by atoms with E-state index in [1.807, 2.05) is 0 Å². The van der Waals surface area contributed by atoms with E-state index in [1.54, 1.807) is 12.1 Å². The standard InChI is InChI=1S/C33H57N5O4/c1-3-4-5-6-7-8-9-10-11-12-13-14-15-16-19-31(41)29(18-17-24-36-33(34)35)38-32(42)30(37-26(2)39)25-27-20-22-28(40)23-21-27/h20-23,29-30,40H,3-19,24-25H2,1-2H3,(H,37,39)(H,38,42)(H4,34,35,36)/t29-,30-/m0/s1. The number of carbonyl (C=O) groups excluding carboxylic acids is 3. The molecule has 0 radical (unpaired) electrons. The van der Waals surface area contributed by atoms with Crippen LogP contribution in [0.5, 0.6) is 5.75 Å². The summed E-state index contributed by atoms with van der Waals surface area (Å²) in [6.45, 7) is 3.97. The van der Waals surface area contributed by atoms with Gasteiger partial charge in [0.2, 0.25) is 11.8 Å². The van der Waals surface area contributed by atoms with Crippen LogP contribution in [0, 0.1) is 0 Å². The van der Waals surface area contributed by atoms with Crippen LogP contribution in [-0.2, 0) is 20.8 Å². The number of phenolic OH excluding ortho intramolecular Hbond substituents is 1. The molecule has 0 unspecified atom stereocenters. The van der Waals surface area contributed by atoms with E-state index >= 15 is 0 Å². The highest BCUT2D eigenvalue weighted by molar-refractivity contribution is 5.92. The van der Waals surface area contributed by atoms with Gasteiger partial charge < -0.3 is 27.2 Å². The monoisotopic (exact) mass is 587 g/mol. The number of nitrogens with zero attached hydrogens (tertiary/aromatic N) is 1. The average molecular weight is 588 g/mol. The molecule has 0 saturated heterocycles. The van der Waals surface area contributed by atoms with Crippen LogP contribution in [0.1, 0.15) is 129 Å². The highest BCUT2D eigenvalue weighted by atomic mass is 16.3. The molecule has 2 amide bonds. The Kier molecular flexibility index (Phi) is 20.6.